The summed E-state index contributed by atoms with van der Waals surface area (Å²) in [6.45, 7) is 16.5. The van der Waals surface area contributed by atoms with Crippen molar-refractivity contribution in [3.8, 4) is 5.69 Å². The zero-order valence-electron chi connectivity index (χ0n) is 19.6. The summed E-state index contributed by atoms with van der Waals surface area (Å²) in [5, 5.41) is 5.05. The second-order valence-corrected chi connectivity index (χ2v) is 10.00. The normalized spacial score (nSPS) is 14.8. The second-order valence-electron chi connectivity index (χ2n) is 10.00. The van der Waals surface area contributed by atoms with Gasteiger partial charge in [-0.2, -0.15) is 5.10 Å². The number of fused-ring (bicyclic) bond motifs is 1. The summed E-state index contributed by atoms with van der Waals surface area (Å²) in [6, 6.07) is 10.5. The Kier molecular flexibility index (Phi) is 7.02. The SMILES string of the molecule is CCCN1CCc2c(c(CN(C(=O)CC(C)(C)C)C(C)C)nn2-c2ccccc2)C1. The molecule has 0 fully saturated rings. The first-order chi connectivity index (χ1) is 14.2. The second kappa shape index (κ2) is 9.34. The van der Waals surface area contributed by atoms with Gasteiger partial charge in [0.25, 0.3) is 0 Å². The van der Waals surface area contributed by atoms with E-state index in [1.807, 2.05) is 11.0 Å². The maximum Gasteiger partial charge on any atom is 0.223 e. The Morgan fingerprint density at radius 3 is 2.50 bits per heavy atom. The van der Waals surface area contributed by atoms with Crippen LogP contribution in [0, 0.1) is 5.41 Å². The third-order valence-electron chi connectivity index (χ3n) is 5.71. The van der Waals surface area contributed by atoms with E-state index in [4.69, 9.17) is 5.10 Å². The van der Waals surface area contributed by atoms with Crippen LogP contribution in [0.15, 0.2) is 30.3 Å². The average Bonchev–Trinajstić information content (AvgIpc) is 3.03. The van der Waals surface area contributed by atoms with Crippen LogP contribution in [0.2, 0.25) is 0 Å². The van der Waals surface area contributed by atoms with E-state index in [0.717, 1.165) is 43.9 Å². The summed E-state index contributed by atoms with van der Waals surface area (Å²) in [4.78, 5) is 17.6. The highest BCUT2D eigenvalue weighted by molar-refractivity contribution is 5.77. The number of benzene rings is 1. The lowest BCUT2D eigenvalue weighted by Crippen LogP contribution is -2.39. The van der Waals surface area contributed by atoms with Crippen LogP contribution in [-0.2, 0) is 24.3 Å². The molecule has 5 nitrogen and oxygen atoms in total. The first-order valence-corrected chi connectivity index (χ1v) is 11.4. The van der Waals surface area contributed by atoms with Gasteiger partial charge in [-0.3, -0.25) is 9.69 Å². The summed E-state index contributed by atoms with van der Waals surface area (Å²) in [5.74, 6) is 0.210. The zero-order valence-corrected chi connectivity index (χ0v) is 19.6. The predicted molar refractivity (Wildman–Crippen MR) is 123 cm³/mol. The number of hydrogen-bond donors (Lipinski definition) is 0. The minimum atomic E-state index is -0.0228. The van der Waals surface area contributed by atoms with Crippen LogP contribution in [0.5, 0.6) is 0 Å². The van der Waals surface area contributed by atoms with Crippen molar-refractivity contribution in [1.29, 1.82) is 0 Å². The highest BCUT2D eigenvalue weighted by atomic mass is 16.2. The lowest BCUT2D eigenvalue weighted by molar-refractivity contribution is -0.135. The molecule has 0 spiro atoms. The molecule has 2 heterocycles. The Hall–Kier alpha value is -2.14. The molecule has 0 atom stereocenters. The number of para-hydroxylation sites is 1. The first kappa shape index (κ1) is 22.5. The largest absolute Gasteiger partial charge is 0.334 e. The fourth-order valence-corrected chi connectivity index (χ4v) is 4.23. The van der Waals surface area contributed by atoms with Gasteiger partial charge in [0.05, 0.1) is 23.6 Å². The summed E-state index contributed by atoms with van der Waals surface area (Å²) in [7, 11) is 0. The van der Waals surface area contributed by atoms with Crippen molar-refractivity contribution in [2.75, 3.05) is 13.1 Å². The van der Waals surface area contributed by atoms with E-state index >= 15 is 0 Å². The number of rotatable bonds is 7. The minimum Gasteiger partial charge on any atom is -0.334 e. The molecule has 1 aliphatic rings. The first-order valence-electron chi connectivity index (χ1n) is 11.4. The molecule has 0 aliphatic carbocycles. The molecule has 2 aromatic rings. The molecule has 0 saturated carbocycles. The van der Waals surface area contributed by atoms with Gasteiger partial charge < -0.3 is 4.90 Å². The van der Waals surface area contributed by atoms with Crippen LogP contribution in [0.1, 0.15) is 71.3 Å². The Morgan fingerprint density at radius 1 is 1.20 bits per heavy atom. The van der Waals surface area contributed by atoms with E-state index in [1.165, 1.54) is 11.3 Å². The highest BCUT2D eigenvalue weighted by Gasteiger charge is 2.29. The molecule has 5 heteroatoms. The monoisotopic (exact) mass is 410 g/mol. The van der Waals surface area contributed by atoms with E-state index < -0.39 is 0 Å². The van der Waals surface area contributed by atoms with Gasteiger partial charge in [-0.05, 0) is 44.4 Å². The summed E-state index contributed by atoms with van der Waals surface area (Å²) in [5.41, 5.74) is 4.74. The minimum absolute atomic E-state index is 0.0228. The smallest absolute Gasteiger partial charge is 0.223 e. The summed E-state index contributed by atoms with van der Waals surface area (Å²) < 4.78 is 2.11. The Morgan fingerprint density at radius 2 is 1.90 bits per heavy atom. The molecule has 0 N–H and O–H groups in total. The van der Waals surface area contributed by atoms with Gasteiger partial charge in [0.15, 0.2) is 0 Å². The van der Waals surface area contributed by atoms with Crippen LogP contribution in [0.4, 0.5) is 0 Å². The van der Waals surface area contributed by atoms with Crippen LogP contribution in [-0.4, -0.2) is 44.6 Å². The van der Waals surface area contributed by atoms with E-state index in [2.05, 4.69) is 75.4 Å². The molecule has 3 rings (SSSR count). The molecule has 1 aromatic heterocycles. The van der Waals surface area contributed by atoms with Crippen LogP contribution >= 0.6 is 0 Å². The van der Waals surface area contributed by atoms with Crippen molar-refractivity contribution in [2.45, 2.75) is 79.9 Å². The van der Waals surface area contributed by atoms with Crippen molar-refractivity contribution in [2.24, 2.45) is 5.41 Å². The molecule has 0 unspecified atom stereocenters. The Labute approximate surface area is 182 Å². The average molecular weight is 411 g/mol. The van der Waals surface area contributed by atoms with Crippen LogP contribution < -0.4 is 0 Å². The standard InChI is InChI=1S/C25H38N4O/c1-7-14-27-15-13-23-21(17-27)22(26-29(23)20-11-9-8-10-12-20)18-28(19(2)3)24(30)16-25(4,5)6/h8-12,19H,7,13-18H2,1-6H3. The summed E-state index contributed by atoms with van der Waals surface area (Å²) in [6.07, 6.45) is 2.70. The maximum absolute atomic E-state index is 13.1. The predicted octanol–water partition coefficient (Wildman–Crippen LogP) is 4.81. The number of carbonyl (C=O) groups is 1. The number of hydrogen-bond acceptors (Lipinski definition) is 3. The third kappa shape index (κ3) is 5.31. The Bertz CT molecular complexity index is 848. The molecule has 0 saturated heterocycles. The fraction of sp³-hybridized carbons (Fsp3) is 0.600. The lowest BCUT2D eigenvalue weighted by Gasteiger charge is -2.31. The Balaban J connectivity index is 1.96. The molecule has 1 aliphatic heterocycles. The number of carbonyl (C=O) groups excluding carboxylic acids is 1. The van der Waals surface area contributed by atoms with E-state index in [-0.39, 0.29) is 17.4 Å². The lowest BCUT2D eigenvalue weighted by atomic mass is 9.91. The number of amides is 1. The molecule has 1 aromatic carbocycles. The van der Waals surface area contributed by atoms with Gasteiger partial charge in [-0.25, -0.2) is 4.68 Å². The number of aromatic nitrogens is 2. The van der Waals surface area contributed by atoms with Crippen molar-refractivity contribution in [1.82, 2.24) is 19.6 Å². The van der Waals surface area contributed by atoms with Gasteiger partial charge in [-0.15, -0.1) is 0 Å². The molecule has 164 valence electrons. The third-order valence-corrected chi connectivity index (χ3v) is 5.71. The number of nitrogens with zero attached hydrogens (tertiary/aromatic N) is 4. The zero-order chi connectivity index (χ0) is 21.9. The van der Waals surface area contributed by atoms with Crippen molar-refractivity contribution in [3.63, 3.8) is 0 Å². The van der Waals surface area contributed by atoms with Gasteiger partial charge in [0, 0.05) is 37.5 Å². The van der Waals surface area contributed by atoms with Gasteiger partial charge in [0.2, 0.25) is 5.91 Å². The van der Waals surface area contributed by atoms with Gasteiger partial charge >= 0.3 is 0 Å². The van der Waals surface area contributed by atoms with Crippen LogP contribution in [0.3, 0.4) is 0 Å². The van der Waals surface area contributed by atoms with Crippen LogP contribution in [0.25, 0.3) is 5.69 Å². The molecular formula is C25H38N4O. The van der Waals surface area contributed by atoms with E-state index in [0.29, 0.717) is 13.0 Å². The van der Waals surface area contributed by atoms with Crippen molar-refractivity contribution >= 4 is 5.91 Å². The molecule has 1 amide bonds. The van der Waals surface area contributed by atoms with Crippen molar-refractivity contribution < 1.29 is 4.79 Å². The summed E-state index contributed by atoms with van der Waals surface area (Å²) >= 11 is 0. The molecule has 30 heavy (non-hydrogen) atoms. The van der Waals surface area contributed by atoms with E-state index in [9.17, 15) is 4.79 Å². The molecule has 0 radical (unpaired) electrons. The van der Waals surface area contributed by atoms with Crippen molar-refractivity contribution in [3.05, 3.63) is 47.3 Å². The fourth-order valence-electron chi connectivity index (χ4n) is 4.23. The molecular weight excluding hydrogens is 372 g/mol. The quantitative estimate of drug-likeness (QED) is 0.657. The van der Waals surface area contributed by atoms with E-state index in [1.54, 1.807) is 0 Å². The van der Waals surface area contributed by atoms with Gasteiger partial charge in [0.1, 0.15) is 0 Å². The topological polar surface area (TPSA) is 41.4 Å². The van der Waals surface area contributed by atoms with Gasteiger partial charge in [-0.1, -0.05) is 45.9 Å². The maximum atomic E-state index is 13.1. The highest BCUT2D eigenvalue weighted by Crippen LogP contribution is 2.28. The molecule has 0 bridgehead atoms.